The van der Waals surface area contributed by atoms with Gasteiger partial charge in [0.05, 0.1) is 0 Å². The predicted molar refractivity (Wildman–Crippen MR) is 79.8 cm³/mol. The fraction of sp³-hybridized carbons (Fsp3) is 0.625. The molecule has 0 bridgehead atoms. The van der Waals surface area contributed by atoms with Gasteiger partial charge in [0.2, 0.25) is 0 Å². The quantitative estimate of drug-likeness (QED) is 0.836. The Morgan fingerprint density at radius 1 is 1.11 bits per heavy atom. The van der Waals surface area contributed by atoms with E-state index in [9.17, 15) is 0 Å². The summed E-state index contributed by atoms with van der Waals surface area (Å²) in [5, 5.41) is 0. The van der Waals surface area contributed by atoms with E-state index in [1.807, 2.05) is 0 Å². The number of nitrogens with two attached hydrogens (primary N) is 1. The van der Waals surface area contributed by atoms with Crippen molar-refractivity contribution in [2.24, 2.45) is 5.73 Å². The standard InChI is InChI=1S/C16H28N2/c1-6-14(5)18(7-2)16(11-17)15-9-12(3)8-13(4)10-15/h8-10,14,16H,6-7,11,17H2,1-5H3. The summed E-state index contributed by atoms with van der Waals surface area (Å²) in [7, 11) is 0. The van der Waals surface area contributed by atoms with Crippen LogP contribution in [-0.2, 0) is 0 Å². The molecule has 1 rings (SSSR count). The summed E-state index contributed by atoms with van der Waals surface area (Å²) in [6.07, 6.45) is 1.16. The van der Waals surface area contributed by atoms with E-state index in [0.29, 0.717) is 18.6 Å². The van der Waals surface area contributed by atoms with Gasteiger partial charge in [-0.1, -0.05) is 43.2 Å². The van der Waals surface area contributed by atoms with Crippen LogP contribution >= 0.6 is 0 Å². The Bertz CT molecular complexity index is 353. The minimum Gasteiger partial charge on any atom is -0.329 e. The highest BCUT2D eigenvalue weighted by Gasteiger charge is 2.21. The maximum absolute atomic E-state index is 6.03. The zero-order valence-corrected chi connectivity index (χ0v) is 12.5. The summed E-state index contributed by atoms with van der Waals surface area (Å²) < 4.78 is 0. The van der Waals surface area contributed by atoms with Crippen LogP contribution in [0, 0.1) is 13.8 Å². The van der Waals surface area contributed by atoms with E-state index in [1.54, 1.807) is 0 Å². The van der Waals surface area contributed by atoms with Gasteiger partial charge in [-0.15, -0.1) is 0 Å². The molecule has 2 unspecified atom stereocenters. The molecular formula is C16H28N2. The largest absolute Gasteiger partial charge is 0.329 e. The Labute approximate surface area is 112 Å². The highest BCUT2D eigenvalue weighted by atomic mass is 15.2. The first-order valence-electron chi connectivity index (χ1n) is 7.07. The fourth-order valence-corrected chi connectivity index (χ4v) is 2.74. The molecule has 0 fully saturated rings. The van der Waals surface area contributed by atoms with Crippen molar-refractivity contribution in [3.05, 3.63) is 34.9 Å². The second-order valence-electron chi connectivity index (χ2n) is 5.26. The van der Waals surface area contributed by atoms with E-state index in [4.69, 9.17) is 5.73 Å². The molecule has 2 heteroatoms. The minimum atomic E-state index is 0.337. The number of hydrogen-bond donors (Lipinski definition) is 1. The van der Waals surface area contributed by atoms with Gasteiger partial charge in [0, 0.05) is 18.6 Å². The predicted octanol–water partition coefficient (Wildman–Crippen LogP) is 3.42. The molecule has 2 N–H and O–H groups in total. The smallest absolute Gasteiger partial charge is 0.0473 e. The van der Waals surface area contributed by atoms with Crippen LogP contribution in [0.15, 0.2) is 18.2 Å². The topological polar surface area (TPSA) is 29.3 Å². The third-order valence-corrected chi connectivity index (χ3v) is 3.77. The zero-order chi connectivity index (χ0) is 13.7. The Hall–Kier alpha value is -0.860. The summed E-state index contributed by atoms with van der Waals surface area (Å²) in [5.41, 5.74) is 10.0. The Morgan fingerprint density at radius 3 is 2.06 bits per heavy atom. The van der Waals surface area contributed by atoms with E-state index in [2.05, 4.69) is 57.7 Å². The minimum absolute atomic E-state index is 0.337. The summed E-state index contributed by atoms with van der Waals surface area (Å²) in [5.74, 6) is 0. The van der Waals surface area contributed by atoms with E-state index in [-0.39, 0.29) is 0 Å². The van der Waals surface area contributed by atoms with Crippen LogP contribution in [0.4, 0.5) is 0 Å². The Balaban J connectivity index is 3.06. The average Bonchev–Trinajstić information content (AvgIpc) is 2.33. The second kappa shape index (κ2) is 6.91. The van der Waals surface area contributed by atoms with Crippen molar-refractivity contribution < 1.29 is 0 Å². The second-order valence-corrected chi connectivity index (χ2v) is 5.26. The lowest BCUT2D eigenvalue weighted by Gasteiger charge is -2.35. The van der Waals surface area contributed by atoms with Crippen molar-refractivity contribution in [2.75, 3.05) is 13.1 Å². The molecule has 1 aromatic rings. The first-order valence-corrected chi connectivity index (χ1v) is 7.07. The zero-order valence-electron chi connectivity index (χ0n) is 12.5. The van der Waals surface area contributed by atoms with Crippen molar-refractivity contribution in [1.29, 1.82) is 0 Å². The van der Waals surface area contributed by atoms with Crippen LogP contribution in [0.3, 0.4) is 0 Å². The van der Waals surface area contributed by atoms with Gasteiger partial charge in [0.1, 0.15) is 0 Å². The highest BCUT2D eigenvalue weighted by molar-refractivity contribution is 5.31. The van der Waals surface area contributed by atoms with E-state index >= 15 is 0 Å². The number of benzene rings is 1. The van der Waals surface area contributed by atoms with Crippen LogP contribution in [-0.4, -0.2) is 24.0 Å². The molecule has 0 aliphatic heterocycles. The van der Waals surface area contributed by atoms with Gasteiger partial charge in [-0.3, -0.25) is 4.90 Å². The normalized spacial score (nSPS) is 14.8. The SMILES string of the molecule is CCC(C)N(CC)C(CN)c1cc(C)cc(C)c1. The molecular weight excluding hydrogens is 220 g/mol. The lowest BCUT2D eigenvalue weighted by Crippen LogP contribution is -2.39. The fourth-order valence-electron chi connectivity index (χ4n) is 2.74. The van der Waals surface area contributed by atoms with Crippen molar-refractivity contribution in [2.45, 2.75) is 53.1 Å². The van der Waals surface area contributed by atoms with Crippen LogP contribution in [0.2, 0.25) is 0 Å². The molecule has 2 atom stereocenters. The maximum Gasteiger partial charge on any atom is 0.0473 e. The van der Waals surface area contributed by atoms with Gasteiger partial charge in [0.15, 0.2) is 0 Å². The third kappa shape index (κ3) is 3.56. The highest BCUT2D eigenvalue weighted by Crippen LogP contribution is 2.24. The number of rotatable bonds is 6. The van der Waals surface area contributed by atoms with Gasteiger partial charge in [-0.2, -0.15) is 0 Å². The number of aryl methyl sites for hydroxylation is 2. The molecule has 0 aliphatic rings. The number of hydrogen-bond acceptors (Lipinski definition) is 2. The molecule has 0 spiro atoms. The van der Waals surface area contributed by atoms with Gasteiger partial charge in [-0.05, 0) is 39.3 Å². The summed E-state index contributed by atoms with van der Waals surface area (Å²) in [6, 6.07) is 7.68. The molecule has 102 valence electrons. The lowest BCUT2D eigenvalue weighted by molar-refractivity contribution is 0.152. The van der Waals surface area contributed by atoms with Gasteiger partial charge in [-0.25, -0.2) is 0 Å². The van der Waals surface area contributed by atoms with E-state index in [0.717, 1.165) is 13.0 Å². The molecule has 2 nitrogen and oxygen atoms in total. The third-order valence-electron chi connectivity index (χ3n) is 3.77. The van der Waals surface area contributed by atoms with Gasteiger partial charge in [0.25, 0.3) is 0 Å². The molecule has 0 aromatic heterocycles. The van der Waals surface area contributed by atoms with E-state index in [1.165, 1.54) is 16.7 Å². The summed E-state index contributed by atoms with van der Waals surface area (Å²) >= 11 is 0. The first kappa shape index (κ1) is 15.2. The first-order chi connectivity index (χ1) is 8.53. The number of nitrogens with zero attached hydrogens (tertiary/aromatic N) is 1. The molecule has 0 aliphatic carbocycles. The molecule has 1 aromatic carbocycles. The van der Waals surface area contributed by atoms with Crippen LogP contribution in [0.5, 0.6) is 0 Å². The lowest BCUT2D eigenvalue weighted by atomic mass is 9.98. The molecule has 0 saturated heterocycles. The Kier molecular flexibility index (Phi) is 5.83. The van der Waals surface area contributed by atoms with Crippen molar-refractivity contribution in [3.63, 3.8) is 0 Å². The maximum atomic E-state index is 6.03. The van der Waals surface area contributed by atoms with Crippen LogP contribution < -0.4 is 5.73 Å². The van der Waals surface area contributed by atoms with Crippen molar-refractivity contribution in [3.8, 4) is 0 Å². The van der Waals surface area contributed by atoms with Crippen molar-refractivity contribution in [1.82, 2.24) is 4.90 Å². The number of likely N-dealkylation sites (N-methyl/N-ethyl adjacent to an activating group) is 1. The molecule has 18 heavy (non-hydrogen) atoms. The Morgan fingerprint density at radius 2 is 1.67 bits per heavy atom. The van der Waals surface area contributed by atoms with Gasteiger partial charge >= 0.3 is 0 Å². The molecule has 0 radical (unpaired) electrons. The molecule has 0 amide bonds. The van der Waals surface area contributed by atoms with Crippen molar-refractivity contribution >= 4 is 0 Å². The summed E-state index contributed by atoms with van der Waals surface area (Å²) in [4.78, 5) is 2.51. The van der Waals surface area contributed by atoms with E-state index < -0.39 is 0 Å². The van der Waals surface area contributed by atoms with Crippen LogP contribution in [0.25, 0.3) is 0 Å². The summed E-state index contributed by atoms with van der Waals surface area (Å²) in [6.45, 7) is 12.8. The molecule has 0 heterocycles. The van der Waals surface area contributed by atoms with Gasteiger partial charge < -0.3 is 5.73 Å². The molecule has 0 saturated carbocycles. The monoisotopic (exact) mass is 248 g/mol. The average molecular weight is 248 g/mol. The van der Waals surface area contributed by atoms with Crippen LogP contribution in [0.1, 0.15) is 49.9 Å².